The van der Waals surface area contributed by atoms with Crippen LogP contribution in [-0.4, -0.2) is 48.4 Å². The molecule has 0 aromatic carbocycles. The van der Waals surface area contributed by atoms with Crippen molar-refractivity contribution < 1.29 is 19.1 Å². The van der Waals surface area contributed by atoms with Crippen molar-refractivity contribution in [2.24, 2.45) is 0 Å². The fourth-order valence-electron chi connectivity index (χ4n) is 1.82. The topological polar surface area (TPSA) is 81.6 Å². The average Bonchev–Trinajstić information content (AvgIpc) is 3.29. The molecule has 0 unspecified atom stereocenters. The number of esters is 2. The van der Waals surface area contributed by atoms with E-state index in [0.29, 0.717) is 12.4 Å². The van der Waals surface area contributed by atoms with Gasteiger partial charge in [-0.1, -0.05) is 0 Å². The van der Waals surface area contributed by atoms with Crippen molar-refractivity contribution >= 4 is 17.8 Å². The van der Waals surface area contributed by atoms with Gasteiger partial charge in [-0.3, -0.25) is 4.79 Å². The fourth-order valence-corrected chi connectivity index (χ4v) is 1.82. The van der Waals surface area contributed by atoms with Crippen LogP contribution in [0.25, 0.3) is 0 Å². The van der Waals surface area contributed by atoms with E-state index in [4.69, 9.17) is 4.74 Å². The normalized spacial score (nSPS) is 13.7. The molecule has 0 amide bonds. The largest absolute Gasteiger partial charge is 0.465 e. The van der Waals surface area contributed by atoms with Gasteiger partial charge in [0.15, 0.2) is 11.5 Å². The summed E-state index contributed by atoms with van der Waals surface area (Å²) in [4.78, 5) is 24.7. The maximum absolute atomic E-state index is 11.6. The van der Waals surface area contributed by atoms with Crippen LogP contribution < -0.4 is 4.90 Å². The fraction of sp³-hybridized carbons (Fsp3) is 0.538. The molecular formula is C13H17N3O4. The monoisotopic (exact) mass is 279 g/mol. The van der Waals surface area contributed by atoms with E-state index >= 15 is 0 Å². The zero-order valence-corrected chi connectivity index (χ0v) is 11.5. The van der Waals surface area contributed by atoms with Crippen molar-refractivity contribution in [1.29, 1.82) is 0 Å². The lowest BCUT2D eigenvalue weighted by molar-refractivity contribution is -0.141. The van der Waals surface area contributed by atoms with Gasteiger partial charge in [0.1, 0.15) is 6.54 Å². The SMILES string of the molecule is CCOC(=O)CN(c1ccc(C(=O)OC)nn1)C1CC1. The number of anilines is 1. The number of rotatable bonds is 6. The summed E-state index contributed by atoms with van der Waals surface area (Å²) in [5, 5.41) is 7.81. The highest BCUT2D eigenvalue weighted by Crippen LogP contribution is 2.30. The van der Waals surface area contributed by atoms with E-state index in [1.807, 2.05) is 4.90 Å². The Bertz CT molecular complexity index is 485. The van der Waals surface area contributed by atoms with Gasteiger partial charge in [-0.05, 0) is 31.9 Å². The summed E-state index contributed by atoms with van der Waals surface area (Å²) in [7, 11) is 1.29. The molecule has 0 saturated heterocycles. The highest BCUT2D eigenvalue weighted by Gasteiger charge is 2.32. The Morgan fingerprint density at radius 2 is 2.10 bits per heavy atom. The third kappa shape index (κ3) is 3.43. The molecule has 1 aromatic rings. The Kier molecular flexibility index (Phi) is 4.49. The van der Waals surface area contributed by atoms with E-state index in [9.17, 15) is 9.59 Å². The molecule has 0 aliphatic heterocycles. The number of aromatic nitrogens is 2. The molecule has 0 bridgehead atoms. The summed E-state index contributed by atoms with van der Waals surface area (Å²) in [5.41, 5.74) is 0.142. The molecule has 0 atom stereocenters. The molecule has 1 fully saturated rings. The second-order valence-electron chi connectivity index (χ2n) is 4.43. The number of ether oxygens (including phenoxy) is 2. The first-order valence-corrected chi connectivity index (χ1v) is 6.50. The molecule has 7 heteroatoms. The lowest BCUT2D eigenvalue weighted by atomic mass is 10.3. The third-order valence-corrected chi connectivity index (χ3v) is 2.93. The standard InChI is InChI=1S/C13H17N3O4/c1-3-20-12(17)8-16(9-4-5-9)11-7-6-10(14-15-11)13(18)19-2/h6-7,9H,3-5,8H2,1-2H3. The molecule has 0 N–H and O–H groups in total. The first-order chi connectivity index (χ1) is 9.65. The Balaban J connectivity index is 2.09. The summed E-state index contributed by atoms with van der Waals surface area (Å²) in [5.74, 6) is -0.265. The number of nitrogens with zero attached hydrogens (tertiary/aromatic N) is 3. The Morgan fingerprint density at radius 3 is 2.60 bits per heavy atom. The summed E-state index contributed by atoms with van der Waals surface area (Å²) in [6, 6.07) is 3.49. The van der Waals surface area contributed by atoms with Crippen molar-refractivity contribution in [3.8, 4) is 0 Å². The molecule has 7 nitrogen and oxygen atoms in total. The second-order valence-corrected chi connectivity index (χ2v) is 4.43. The second kappa shape index (κ2) is 6.31. The van der Waals surface area contributed by atoms with Crippen LogP contribution in [0, 0.1) is 0 Å². The van der Waals surface area contributed by atoms with Gasteiger partial charge in [0, 0.05) is 6.04 Å². The molecule has 1 aliphatic carbocycles. The Morgan fingerprint density at radius 1 is 1.35 bits per heavy atom. The summed E-state index contributed by atoms with van der Waals surface area (Å²) in [6.07, 6.45) is 2.03. The summed E-state index contributed by atoms with van der Waals surface area (Å²) in [6.45, 7) is 2.26. The van der Waals surface area contributed by atoms with Crippen LogP contribution in [0.15, 0.2) is 12.1 Å². The van der Waals surface area contributed by atoms with Gasteiger partial charge in [0.25, 0.3) is 0 Å². The highest BCUT2D eigenvalue weighted by molar-refractivity contribution is 5.87. The molecule has 2 rings (SSSR count). The summed E-state index contributed by atoms with van der Waals surface area (Å²) >= 11 is 0. The first kappa shape index (κ1) is 14.2. The smallest absolute Gasteiger partial charge is 0.358 e. The lowest BCUT2D eigenvalue weighted by Gasteiger charge is -2.21. The predicted octanol–water partition coefficient (Wildman–Crippen LogP) is 0.795. The van der Waals surface area contributed by atoms with Gasteiger partial charge < -0.3 is 14.4 Å². The van der Waals surface area contributed by atoms with E-state index < -0.39 is 5.97 Å². The van der Waals surface area contributed by atoms with Crippen LogP contribution in [0.4, 0.5) is 5.82 Å². The van der Waals surface area contributed by atoms with Gasteiger partial charge in [0.05, 0.1) is 13.7 Å². The van der Waals surface area contributed by atoms with E-state index in [2.05, 4.69) is 14.9 Å². The van der Waals surface area contributed by atoms with Crippen LogP contribution in [0.5, 0.6) is 0 Å². The van der Waals surface area contributed by atoms with Crippen molar-refractivity contribution in [2.45, 2.75) is 25.8 Å². The molecule has 0 spiro atoms. The number of methoxy groups -OCH3 is 1. The van der Waals surface area contributed by atoms with E-state index in [1.165, 1.54) is 13.2 Å². The van der Waals surface area contributed by atoms with Crippen molar-refractivity contribution in [3.05, 3.63) is 17.8 Å². The molecule has 1 aliphatic rings. The maximum Gasteiger partial charge on any atom is 0.358 e. The Labute approximate surface area is 116 Å². The van der Waals surface area contributed by atoms with Crippen molar-refractivity contribution in [1.82, 2.24) is 10.2 Å². The van der Waals surface area contributed by atoms with Crippen LogP contribution in [0.1, 0.15) is 30.3 Å². The Hall–Kier alpha value is -2.18. The number of hydrogen-bond acceptors (Lipinski definition) is 7. The van der Waals surface area contributed by atoms with Crippen molar-refractivity contribution in [3.63, 3.8) is 0 Å². The van der Waals surface area contributed by atoms with Crippen molar-refractivity contribution in [2.75, 3.05) is 25.2 Å². The zero-order chi connectivity index (χ0) is 14.5. The quantitative estimate of drug-likeness (QED) is 0.712. The first-order valence-electron chi connectivity index (χ1n) is 6.50. The molecule has 20 heavy (non-hydrogen) atoms. The van der Waals surface area contributed by atoms with E-state index in [1.54, 1.807) is 13.0 Å². The number of hydrogen-bond donors (Lipinski definition) is 0. The van der Waals surface area contributed by atoms with Gasteiger partial charge >= 0.3 is 11.9 Å². The molecule has 0 radical (unpaired) electrons. The van der Waals surface area contributed by atoms with Crippen LogP contribution in [-0.2, 0) is 14.3 Å². The van der Waals surface area contributed by atoms with Crippen LogP contribution in [0.2, 0.25) is 0 Å². The zero-order valence-electron chi connectivity index (χ0n) is 11.5. The molecular weight excluding hydrogens is 262 g/mol. The van der Waals surface area contributed by atoms with E-state index in [0.717, 1.165) is 12.8 Å². The minimum absolute atomic E-state index is 0.142. The molecule has 108 valence electrons. The van der Waals surface area contributed by atoms with Crippen LogP contribution in [0.3, 0.4) is 0 Å². The van der Waals surface area contributed by atoms with Gasteiger partial charge in [-0.2, -0.15) is 0 Å². The lowest BCUT2D eigenvalue weighted by Crippen LogP contribution is -2.33. The average molecular weight is 279 g/mol. The summed E-state index contributed by atoms with van der Waals surface area (Å²) < 4.78 is 9.51. The molecule has 1 saturated carbocycles. The van der Waals surface area contributed by atoms with Gasteiger partial charge in [0.2, 0.25) is 0 Å². The molecule has 1 heterocycles. The number of carbonyl (C=O) groups is 2. The maximum atomic E-state index is 11.6. The van der Waals surface area contributed by atoms with E-state index in [-0.39, 0.29) is 24.2 Å². The van der Waals surface area contributed by atoms with Gasteiger partial charge in [-0.15, -0.1) is 10.2 Å². The highest BCUT2D eigenvalue weighted by atomic mass is 16.5. The minimum Gasteiger partial charge on any atom is -0.465 e. The van der Waals surface area contributed by atoms with Crippen LogP contribution >= 0.6 is 0 Å². The minimum atomic E-state index is -0.535. The third-order valence-electron chi connectivity index (χ3n) is 2.93. The number of carbonyl (C=O) groups excluding carboxylic acids is 2. The molecule has 1 aromatic heterocycles. The van der Waals surface area contributed by atoms with Gasteiger partial charge in [-0.25, -0.2) is 4.79 Å². The predicted molar refractivity (Wildman–Crippen MR) is 70.4 cm³/mol.